The van der Waals surface area contributed by atoms with Gasteiger partial charge in [0.05, 0.1) is 25.1 Å². The number of urea groups is 1. The van der Waals surface area contributed by atoms with Crippen molar-refractivity contribution in [2.24, 2.45) is 0 Å². The number of amides is 2. The van der Waals surface area contributed by atoms with Crippen molar-refractivity contribution in [3.63, 3.8) is 0 Å². The van der Waals surface area contributed by atoms with Crippen LogP contribution in [0.1, 0.15) is 17.2 Å². The maximum atomic E-state index is 12.0. The number of aryl methyl sites for hydroxylation is 1. The second kappa shape index (κ2) is 9.57. The van der Waals surface area contributed by atoms with E-state index in [2.05, 4.69) is 15.6 Å². The van der Waals surface area contributed by atoms with E-state index in [-0.39, 0.29) is 6.54 Å². The number of ether oxygens (including phenoxy) is 2. The van der Waals surface area contributed by atoms with E-state index in [9.17, 15) is 9.90 Å². The van der Waals surface area contributed by atoms with Crippen LogP contribution in [0.2, 0.25) is 0 Å². The Hall–Kier alpha value is -3.58. The summed E-state index contributed by atoms with van der Waals surface area (Å²) in [6, 6.07) is 17.6. The minimum atomic E-state index is -0.824. The van der Waals surface area contributed by atoms with Crippen molar-refractivity contribution in [2.75, 3.05) is 19.0 Å². The SMILES string of the molecule is COc1ccc(C(O)CNC(=O)Nc2ccc(Oc3ccc(C)cc3)nc2)cc1. The van der Waals surface area contributed by atoms with Crippen molar-refractivity contribution < 1.29 is 19.4 Å². The lowest BCUT2D eigenvalue weighted by atomic mass is 10.1. The molecule has 0 spiro atoms. The average Bonchev–Trinajstić information content (AvgIpc) is 2.75. The van der Waals surface area contributed by atoms with Crippen LogP contribution in [0.5, 0.6) is 17.4 Å². The standard InChI is InChI=1S/C22H23N3O4/c1-15-3-8-19(9-4-15)29-21-12-7-17(13-23-21)25-22(27)24-14-20(26)16-5-10-18(28-2)11-6-16/h3-13,20,26H,14H2,1-2H3,(H2,24,25,27). The molecule has 3 rings (SSSR count). The van der Waals surface area contributed by atoms with Crippen LogP contribution in [0.4, 0.5) is 10.5 Å². The van der Waals surface area contributed by atoms with Crippen LogP contribution in [-0.4, -0.2) is 29.8 Å². The van der Waals surface area contributed by atoms with Gasteiger partial charge in [0, 0.05) is 12.6 Å². The number of benzene rings is 2. The van der Waals surface area contributed by atoms with Gasteiger partial charge in [-0.1, -0.05) is 29.8 Å². The monoisotopic (exact) mass is 393 g/mol. The van der Waals surface area contributed by atoms with Crippen molar-refractivity contribution in [1.29, 1.82) is 0 Å². The first kappa shape index (κ1) is 20.2. The molecule has 3 aromatic rings. The molecular formula is C22H23N3O4. The molecule has 7 nitrogen and oxygen atoms in total. The highest BCUT2D eigenvalue weighted by atomic mass is 16.5. The van der Waals surface area contributed by atoms with E-state index in [1.807, 2.05) is 31.2 Å². The second-order valence-electron chi connectivity index (χ2n) is 6.42. The van der Waals surface area contributed by atoms with Gasteiger partial charge in [0.15, 0.2) is 0 Å². The molecule has 1 heterocycles. The maximum absolute atomic E-state index is 12.0. The molecule has 150 valence electrons. The lowest BCUT2D eigenvalue weighted by molar-refractivity contribution is 0.175. The molecule has 29 heavy (non-hydrogen) atoms. The second-order valence-corrected chi connectivity index (χ2v) is 6.42. The molecule has 2 amide bonds. The van der Waals surface area contributed by atoms with Crippen molar-refractivity contribution in [1.82, 2.24) is 10.3 Å². The minimum absolute atomic E-state index is 0.0697. The summed E-state index contributed by atoms with van der Waals surface area (Å²) in [5, 5.41) is 15.5. The number of aromatic nitrogens is 1. The molecule has 0 radical (unpaired) electrons. The number of aliphatic hydroxyl groups excluding tert-OH is 1. The van der Waals surface area contributed by atoms with E-state index >= 15 is 0 Å². The Morgan fingerprint density at radius 2 is 1.72 bits per heavy atom. The molecule has 0 aliphatic carbocycles. The predicted octanol–water partition coefficient (Wildman–Crippen LogP) is 4.05. The number of methoxy groups -OCH3 is 1. The summed E-state index contributed by atoms with van der Waals surface area (Å²) >= 11 is 0. The van der Waals surface area contributed by atoms with Crippen LogP contribution in [0, 0.1) is 6.92 Å². The van der Waals surface area contributed by atoms with Crippen molar-refractivity contribution in [3.05, 3.63) is 78.0 Å². The van der Waals surface area contributed by atoms with Crippen LogP contribution in [-0.2, 0) is 0 Å². The highest BCUT2D eigenvalue weighted by molar-refractivity contribution is 5.89. The highest BCUT2D eigenvalue weighted by Gasteiger charge is 2.10. The molecule has 1 unspecified atom stereocenters. The van der Waals surface area contributed by atoms with Crippen LogP contribution < -0.4 is 20.1 Å². The van der Waals surface area contributed by atoms with Gasteiger partial charge in [-0.2, -0.15) is 0 Å². The molecule has 0 aliphatic rings. The summed E-state index contributed by atoms with van der Waals surface area (Å²) in [7, 11) is 1.58. The summed E-state index contributed by atoms with van der Waals surface area (Å²) in [6.07, 6.45) is 0.679. The largest absolute Gasteiger partial charge is 0.497 e. The van der Waals surface area contributed by atoms with E-state index in [4.69, 9.17) is 9.47 Å². The van der Waals surface area contributed by atoms with Gasteiger partial charge in [-0.05, 0) is 42.8 Å². The topological polar surface area (TPSA) is 92.7 Å². The third kappa shape index (κ3) is 5.95. The Morgan fingerprint density at radius 1 is 1.03 bits per heavy atom. The van der Waals surface area contributed by atoms with Gasteiger partial charge in [0.1, 0.15) is 11.5 Å². The molecule has 0 bridgehead atoms. The number of aliphatic hydroxyl groups is 1. The van der Waals surface area contributed by atoms with Crippen molar-refractivity contribution >= 4 is 11.7 Å². The van der Waals surface area contributed by atoms with E-state index in [0.717, 1.165) is 5.56 Å². The zero-order chi connectivity index (χ0) is 20.6. The van der Waals surface area contributed by atoms with Gasteiger partial charge in [-0.3, -0.25) is 0 Å². The van der Waals surface area contributed by atoms with E-state index in [1.165, 1.54) is 6.20 Å². The number of nitrogens with one attached hydrogen (secondary N) is 2. The fourth-order valence-corrected chi connectivity index (χ4v) is 2.55. The fourth-order valence-electron chi connectivity index (χ4n) is 2.55. The zero-order valence-corrected chi connectivity index (χ0v) is 16.3. The summed E-state index contributed by atoms with van der Waals surface area (Å²) in [5.74, 6) is 1.82. The lowest BCUT2D eigenvalue weighted by Gasteiger charge is -2.13. The smallest absolute Gasteiger partial charge is 0.319 e. The molecule has 0 aliphatic heterocycles. The van der Waals surface area contributed by atoms with Gasteiger partial charge in [-0.25, -0.2) is 9.78 Å². The Bertz CT molecular complexity index is 926. The van der Waals surface area contributed by atoms with Crippen molar-refractivity contribution in [3.8, 4) is 17.4 Å². The molecule has 0 saturated heterocycles. The predicted molar refractivity (Wildman–Crippen MR) is 110 cm³/mol. The lowest BCUT2D eigenvalue weighted by Crippen LogP contribution is -2.32. The van der Waals surface area contributed by atoms with Gasteiger partial charge >= 0.3 is 6.03 Å². The van der Waals surface area contributed by atoms with Gasteiger partial charge < -0.3 is 25.2 Å². The van der Waals surface area contributed by atoms with E-state index in [0.29, 0.717) is 28.6 Å². The molecule has 1 aromatic heterocycles. The third-order valence-electron chi connectivity index (χ3n) is 4.19. The maximum Gasteiger partial charge on any atom is 0.319 e. The number of carbonyl (C=O) groups excluding carboxylic acids is 1. The Kier molecular flexibility index (Phi) is 6.65. The molecule has 0 saturated carbocycles. The summed E-state index contributed by atoms with van der Waals surface area (Å²) in [5.41, 5.74) is 2.34. The molecule has 3 N–H and O–H groups in total. The van der Waals surface area contributed by atoms with Crippen molar-refractivity contribution in [2.45, 2.75) is 13.0 Å². The number of hydrogen-bond acceptors (Lipinski definition) is 5. The zero-order valence-electron chi connectivity index (χ0n) is 16.3. The van der Waals surface area contributed by atoms with Crippen LogP contribution in [0.3, 0.4) is 0 Å². The van der Waals surface area contributed by atoms with Gasteiger partial charge in [0.25, 0.3) is 0 Å². The quantitative estimate of drug-likeness (QED) is 0.563. The molecule has 0 fully saturated rings. The van der Waals surface area contributed by atoms with E-state index in [1.54, 1.807) is 43.5 Å². The van der Waals surface area contributed by atoms with Crippen LogP contribution >= 0.6 is 0 Å². The molecule has 1 atom stereocenters. The van der Waals surface area contributed by atoms with Crippen LogP contribution in [0.25, 0.3) is 0 Å². The Morgan fingerprint density at radius 3 is 2.34 bits per heavy atom. The molecule has 7 heteroatoms. The molecule has 2 aromatic carbocycles. The number of rotatable bonds is 7. The first-order chi connectivity index (χ1) is 14.0. The van der Waals surface area contributed by atoms with Gasteiger partial charge in [-0.15, -0.1) is 0 Å². The number of pyridine rings is 1. The van der Waals surface area contributed by atoms with Gasteiger partial charge in [0.2, 0.25) is 5.88 Å². The number of nitrogens with zero attached hydrogens (tertiary/aromatic N) is 1. The number of hydrogen-bond donors (Lipinski definition) is 3. The Labute approximate surface area is 169 Å². The summed E-state index contributed by atoms with van der Waals surface area (Å²) in [6.45, 7) is 2.07. The Balaban J connectivity index is 1.47. The first-order valence-corrected chi connectivity index (χ1v) is 9.11. The number of anilines is 1. The average molecular weight is 393 g/mol. The molecular weight excluding hydrogens is 370 g/mol. The highest BCUT2D eigenvalue weighted by Crippen LogP contribution is 2.21. The normalized spacial score (nSPS) is 11.4. The van der Waals surface area contributed by atoms with E-state index < -0.39 is 12.1 Å². The summed E-state index contributed by atoms with van der Waals surface area (Å²) < 4.78 is 10.7. The first-order valence-electron chi connectivity index (χ1n) is 9.11. The third-order valence-corrected chi connectivity index (χ3v) is 4.19. The number of carbonyl (C=O) groups is 1. The summed E-state index contributed by atoms with van der Waals surface area (Å²) in [4.78, 5) is 16.2. The van der Waals surface area contributed by atoms with Crippen LogP contribution in [0.15, 0.2) is 66.9 Å². The minimum Gasteiger partial charge on any atom is -0.497 e. The fraction of sp³-hybridized carbons (Fsp3) is 0.182.